The summed E-state index contributed by atoms with van der Waals surface area (Å²) in [7, 11) is 0. The normalized spacial score (nSPS) is 25.5. The number of para-hydroxylation sites is 6. The van der Waals surface area contributed by atoms with Crippen LogP contribution in [0.4, 0.5) is 34.1 Å². The van der Waals surface area contributed by atoms with Crippen molar-refractivity contribution in [2.24, 2.45) is 0 Å². The van der Waals surface area contributed by atoms with Gasteiger partial charge in [-0.1, -0.05) is 36.4 Å². The van der Waals surface area contributed by atoms with Gasteiger partial charge in [-0.2, -0.15) is 0 Å². The van der Waals surface area contributed by atoms with E-state index in [-0.39, 0.29) is 0 Å². The lowest BCUT2D eigenvalue weighted by atomic mass is 10.1. The van der Waals surface area contributed by atoms with Gasteiger partial charge in [0.25, 0.3) is 34.1 Å². The smallest absolute Gasteiger partial charge is 0.336 e. The summed E-state index contributed by atoms with van der Waals surface area (Å²) in [4.78, 5) is 0. The van der Waals surface area contributed by atoms with E-state index in [0.29, 0.717) is 34.5 Å². The number of fused-ring (bicyclic) bond motifs is 9. The minimum atomic E-state index is -1.52. The summed E-state index contributed by atoms with van der Waals surface area (Å²) in [6.07, 6.45) is 12.4. The Balaban J connectivity index is 1.06. The Kier molecular flexibility index (Phi) is 4.13. The standard InChI is InChI=1S/C45H24N6O6/c1-2-8-32-31(7-1)46-19-25-13-14-27-21-48-33-9-3-5-11-35(33)50-23-29-17-18-30-24-51-36-12-6-4-10-34(36)49-22-28-16-15-26-20-47(32)43(46)52-37(25)39(27)54-44(48,50)56-41(29)42(30)57-45(49,51)55-40(28)38(26)53-43/h1-24H/q+6. The Bertz CT molecular complexity index is 2770. The van der Waals surface area contributed by atoms with E-state index in [1.807, 2.05) is 63.9 Å². The molecule has 0 saturated heterocycles. The highest BCUT2D eigenvalue weighted by molar-refractivity contribution is 5.95. The van der Waals surface area contributed by atoms with Gasteiger partial charge in [-0.3, -0.25) is 0 Å². The zero-order valence-corrected chi connectivity index (χ0v) is 29.5. The molecular weight excluding hydrogens is 721 g/mol. The van der Waals surface area contributed by atoms with Crippen molar-refractivity contribution in [3.05, 3.63) is 143 Å². The Labute approximate surface area is 321 Å². The van der Waals surface area contributed by atoms with Gasteiger partial charge >= 0.3 is 18.1 Å². The van der Waals surface area contributed by atoms with E-state index in [1.165, 1.54) is 0 Å². The number of rotatable bonds is 0. The number of benzene rings is 6. The molecule has 9 bridgehead atoms. The van der Waals surface area contributed by atoms with Crippen molar-refractivity contribution >= 4 is 71.4 Å². The summed E-state index contributed by atoms with van der Waals surface area (Å²) in [6.45, 7) is 0. The number of nitrogens with zero attached hydrogens (tertiary/aromatic N) is 6. The SMILES string of the molecule is C1=[N+]2c3ccccc3[N+]3=Cc4ccc5c6c4OC23Oc2c1ccc1c2OC23Oc4c(ccc7c4OC4(O6)[N+](=C5)c5ccccc5[N+]4=C7)C=[N+]2c2ccccc2[N+]3=C1. The molecule has 6 aromatic rings. The number of hydrogen-bond donors (Lipinski definition) is 0. The molecule has 0 N–H and O–H groups in total. The van der Waals surface area contributed by atoms with Crippen LogP contribution in [-0.2, 0) is 0 Å². The highest BCUT2D eigenvalue weighted by Gasteiger charge is 2.78. The summed E-state index contributed by atoms with van der Waals surface area (Å²) < 4.78 is 56.4. The molecule has 0 fully saturated rings. The van der Waals surface area contributed by atoms with Crippen LogP contribution in [0.1, 0.15) is 33.4 Å². The fraction of sp³-hybridized carbons (Fsp3) is 0.0667. The minimum Gasteiger partial charge on any atom is -0.336 e. The van der Waals surface area contributed by atoms with Crippen LogP contribution in [0.15, 0.2) is 109 Å². The Hall–Kier alpha value is -7.86. The first kappa shape index (κ1) is 27.7. The lowest BCUT2D eigenvalue weighted by Crippen LogP contribution is -2.60. The van der Waals surface area contributed by atoms with Crippen molar-refractivity contribution < 1.29 is 55.9 Å². The maximum Gasteiger partial charge on any atom is 0.715 e. The van der Waals surface area contributed by atoms with Crippen molar-refractivity contribution in [2.75, 3.05) is 0 Å². The summed E-state index contributed by atoms with van der Waals surface area (Å²) in [5.41, 5.74) is 10.5. The van der Waals surface area contributed by atoms with Gasteiger partial charge in [-0.15, -0.1) is 0 Å². The first-order valence-electron chi connectivity index (χ1n) is 18.9. The first-order valence-corrected chi connectivity index (χ1v) is 18.9. The third kappa shape index (κ3) is 2.83. The number of hydrogen-bond acceptors (Lipinski definition) is 6. The average molecular weight is 745 g/mol. The molecule has 0 aromatic heterocycles. The molecule has 16 rings (SSSR count). The maximum atomic E-state index is 7.35. The lowest BCUT2D eigenvalue weighted by molar-refractivity contribution is -0.835. The average Bonchev–Trinajstić information content (AvgIpc) is 3.80. The van der Waals surface area contributed by atoms with E-state index in [1.54, 1.807) is 0 Å². The molecule has 6 aromatic carbocycles. The number of ether oxygens (including phenoxy) is 6. The molecule has 0 amide bonds. The van der Waals surface area contributed by atoms with E-state index in [0.717, 1.165) is 67.5 Å². The second kappa shape index (κ2) is 8.51. The van der Waals surface area contributed by atoms with Crippen LogP contribution in [0, 0.1) is 0 Å². The molecule has 12 nitrogen and oxygen atoms in total. The quantitative estimate of drug-likeness (QED) is 0.183. The summed E-state index contributed by atoms with van der Waals surface area (Å²) >= 11 is 0. The van der Waals surface area contributed by atoms with Crippen LogP contribution in [0.2, 0.25) is 0 Å². The summed E-state index contributed by atoms with van der Waals surface area (Å²) in [5, 5.41) is 0. The van der Waals surface area contributed by atoms with Gasteiger partial charge in [0.1, 0.15) is 0 Å². The monoisotopic (exact) mass is 744 g/mol. The highest BCUT2D eigenvalue weighted by Crippen LogP contribution is 2.59. The van der Waals surface area contributed by atoms with Crippen molar-refractivity contribution in [1.29, 1.82) is 0 Å². The van der Waals surface area contributed by atoms with Crippen LogP contribution in [0.25, 0.3) is 0 Å². The molecule has 10 aliphatic rings. The largest absolute Gasteiger partial charge is 0.715 e. The summed E-state index contributed by atoms with van der Waals surface area (Å²) in [6, 6.07) is 32.4. The predicted molar refractivity (Wildman–Crippen MR) is 201 cm³/mol. The molecule has 10 heterocycles. The van der Waals surface area contributed by atoms with Gasteiger partial charge in [0.15, 0.2) is 71.8 Å². The van der Waals surface area contributed by atoms with E-state index in [2.05, 4.69) is 110 Å². The van der Waals surface area contributed by atoms with Gasteiger partial charge < -0.3 is 28.4 Å². The Morgan fingerprint density at radius 1 is 0.246 bits per heavy atom. The molecular formula is C45H24N6O6+6. The van der Waals surface area contributed by atoms with Gasteiger partial charge in [-0.05, 0) is 63.9 Å². The third-order valence-electron chi connectivity index (χ3n) is 12.6. The topological polar surface area (TPSA) is 73.4 Å². The molecule has 0 unspecified atom stereocenters. The molecule has 57 heavy (non-hydrogen) atoms. The lowest BCUT2D eigenvalue weighted by Gasteiger charge is -2.30. The minimum absolute atomic E-state index is 0.518. The van der Waals surface area contributed by atoms with Crippen LogP contribution in [-0.4, -0.2) is 82.8 Å². The van der Waals surface area contributed by atoms with Crippen molar-refractivity contribution in [3.8, 4) is 34.5 Å². The second-order valence-corrected chi connectivity index (χ2v) is 15.4. The van der Waals surface area contributed by atoms with E-state index in [4.69, 9.17) is 28.4 Å². The third-order valence-corrected chi connectivity index (χ3v) is 12.6. The molecule has 0 radical (unpaired) electrons. The molecule has 264 valence electrons. The molecule has 0 atom stereocenters. The molecule has 0 saturated carbocycles. The van der Waals surface area contributed by atoms with Crippen LogP contribution < -0.4 is 28.4 Å². The molecule has 12 heteroatoms. The van der Waals surface area contributed by atoms with Gasteiger partial charge in [-0.25, -0.2) is 0 Å². The van der Waals surface area contributed by atoms with Gasteiger partial charge in [0.05, 0.1) is 33.4 Å². The van der Waals surface area contributed by atoms with Crippen LogP contribution in [0.5, 0.6) is 34.5 Å². The Morgan fingerprint density at radius 2 is 0.421 bits per heavy atom. The zero-order valence-electron chi connectivity index (χ0n) is 29.5. The fourth-order valence-corrected chi connectivity index (χ4v) is 10.1. The van der Waals surface area contributed by atoms with Gasteiger partial charge in [0.2, 0.25) is 0 Å². The molecule has 0 aliphatic carbocycles. The second-order valence-electron chi connectivity index (χ2n) is 15.4. The first-order chi connectivity index (χ1) is 28.1. The van der Waals surface area contributed by atoms with Crippen LogP contribution >= 0.6 is 0 Å². The predicted octanol–water partition coefficient (Wildman–Crippen LogP) is 5.81. The van der Waals surface area contributed by atoms with Crippen molar-refractivity contribution in [3.63, 3.8) is 0 Å². The molecule has 10 aliphatic heterocycles. The maximum absolute atomic E-state index is 7.35. The zero-order chi connectivity index (χ0) is 36.6. The Morgan fingerprint density at radius 3 is 0.596 bits per heavy atom. The van der Waals surface area contributed by atoms with E-state index < -0.39 is 18.1 Å². The molecule has 3 spiro atoms. The van der Waals surface area contributed by atoms with Crippen molar-refractivity contribution in [2.45, 2.75) is 18.1 Å². The van der Waals surface area contributed by atoms with Gasteiger partial charge in [0, 0.05) is 36.4 Å². The summed E-state index contributed by atoms with van der Waals surface area (Å²) in [5.74, 6) is 3.11. The fourth-order valence-electron chi connectivity index (χ4n) is 10.1. The van der Waals surface area contributed by atoms with Crippen molar-refractivity contribution in [1.82, 2.24) is 0 Å². The van der Waals surface area contributed by atoms with Crippen LogP contribution in [0.3, 0.4) is 0 Å². The highest BCUT2D eigenvalue weighted by atomic mass is 16.8. The van der Waals surface area contributed by atoms with E-state index in [9.17, 15) is 0 Å². The van der Waals surface area contributed by atoms with E-state index >= 15 is 0 Å².